The van der Waals surface area contributed by atoms with Crippen LogP contribution in [0.25, 0.3) is 11.6 Å². The van der Waals surface area contributed by atoms with Gasteiger partial charge < -0.3 is 0 Å². The normalized spacial score (nSPS) is 20.1. The first-order chi connectivity index (χ1) is 14.7. The molecule has 0 saturated heterocycles. The monoisotopic (exact) mass is 414 g/mol. The molecule has 1 heterocycles. The lowest BCUT2D eigenvalue weighted by Gasteiger charge is -2.29. The number of thioether (sulfide) groups is 1. The fraction of sp³-hybridized carbons (Fsp3) is 0.429. The highest BCUT2D eigenvalue weighted by atomic mass is 32.2. The highest BCUT2D eigenvalue weighted by molar-refractivity contribution is 8.14. The van der Waals surface area contributed by atoms with Crippen molar-refractivity contribution in [3.63, 3.8) is 0 Å². The van der Waals surface area contributed by atoms with Gasteiger partial charge in [-0.1, -0.05) is 56.1 Å². The van der Waals surface area contributed by atoms with Crippen LogP contribution < -0.4 is 10.4 Å². The molecule has 1 nitrogen and oxygen atoms in total. The van der Waals surface area contributed by atoms with Crippen molar-refractivity contribution in [3.8, 4) is 0 Å². The second kappa shape index (κ2) is 8.75. The zero-order chi connectivity index (χ0) is 20.5. The summed E-state index contributed by atoms with van der Waals surface area (Å²) in [5, 5.41) is 4.22. The number of hydrogen-bond acceptors (Lipinski definition) is 2. The summed E-state index contributed by atoms with van der Waals surface area (Å²) >= 11 is 1.94. The molecule has 0 amide bonds. The van der Waals surface area contributed by atoms with Crippen LogP contribution >= 0.6 is 11.8 Å². The zero-order valence-corrected chi connectivity index (χ0v) is 19.0. The number of unbranched alkanes of at least 4 members (excludes halogenated alkanes) is 3. The first-order valence-electron chi connectivity index (χ1n) is 11.7. The van der Waals surface area contributed by atoms with Crippen molar-refractivity contribution in [2.75, 3.05) is 12.3 Å². The second-order valence-corrected chi connectivity index (χ2v) is 10.0. The smallest absolute Gasteiger partial charge is 0.0980 e. The molecule has 1 aromatic carbocycles. The fourth-order valence-corrected chi connectivity index (χ4v) is 6.26. The fourth-order valence-electron chi connectivity index (χ4n) is 5.36. The first kappa shape index (κ1) is 20.1. The standard InChI is InChI=1S/C28H32NS/c1-3-4-5-6-7-20-17-26-22(18-27(20)28-29-14-15-30-28)10-12-24-23-11-8-19(2)16-21(23)9-13-25(24)26/h8,10,16-18H,2-7,9,11-15H2,1H3. The molecule has 1 aliphatic heterocycles. The van der Waals surface area contributed by atoms with Crippen LogP contribution in [0.2, 0.25) is 0 Å². The average Bonchev–Trinajstić information content (AvgIpc) is 3.30. The summed E-state index contributed by atoms with van der Waals surface area (Å²) in [5.41, 5.74) is 10.5. The van der Waals surface area contributed by atoms with Gasteiger partial charge in [-0.15, -0.1) is 11.8 Å². The van der Waals surface area contributed by atoms with Gasteiger partial charge in [0.1, 0.15) is 0 Å². The number of rotatable bonds is 6. The van der Waals surface area contributed by atoms with Gasteiger partial charge >= 0.3 is 0 Å². The summed E-state index contributed by atoms with van der Waals surface area (Å²) in [6.07, 6.45) is 18.0. The molecule has 0 atom stereocenters. The van der Waals surface area contributed by atoms with Gasteiger partial charge in [0.2, 0.25) is 0 Å². The molecule has 2 heteroatoms. The molecule has 0 spiro atoms. The van der Waals surface area contributed by atoms with E-state index in [2.05, 4.69) is 44.2 Å². The van der Waals surface area contributed by atoms with Crippen molar-refractivity contribution in [2.24, 2.45) is 4.99 Å². The minimum atomic E-state index is 0.973. The maximum atomic E-state index is 4.83. The summed E-state index contributed by atoms with van der Waals surface area (Å²) in [6.45, 7) is 7.43. The Labute approximate surface area is 185 Å². The Kier molecular flexibility index (Phi) is 5.87. The molecule has 0 saturated carbocycles. The Morgan fingerprint density at radius 1 is 1.00 bits per heavy atom. The van der Waals surface area contributed by atoms with Crippen LogP contribution in [0.15, 0.2) is 51.6 Å². The van der Waals surface area contributed by atoms with Gasteiger partial charge in [-0.05, 0) is 89.8 Å². The highest BCUT2D eigenvalue weighted by Gasteiger charge is 2.25. The molecular weight excluding hydrogens is 382 g/mol. The third-order valence-electron chi connectivity index (χ3n) is 6.93. The molecule has 4 aliphatic rings. The van der Waals surface area contributed by atoms with Crippen molar-refractivity contribution >= 4 is 28.5 Å². The van der Waals surface area contributed by atoms with E-state index in [-0.39, 0.29) is 0 Å². The van der Waals surface area contributed by atoms with Crippen molar-refractivity contribution in [1.82, 2.24) is 0 Å². The van der Waals surface area contributed by atoms with Gasteiger partial charge in [0.05, 0.1) is 5.04 Å². The predicted octanol–water partition coefficient (Wildman–Crippen LogP) is 5.82. The summed E-state index contributed by atoms with van der Waals surface area (Å²) in [6, 6.07) is 5.01. The quantitative estimate of drug-likeness (QED) is 0.534. The van der Waals surface area contributed by atoms with Gasteiger partial charge in [0.15, 0.2) is 0 Å². The number of allylic oxidation sites excluding steroid dienone is 6. The maximum absolute atomic E-state index is 4.83. The molecule has 5 rings (SSSR count). The van der Waals surface area contributed by atoms with Crippen molar-refractivity contribution < 1.29 is 0 Å². The van der Waals surface area contributed by atoms with Crippen LogP contribution in [-0.4, -0.2) is 17.3 Å². The SMILES string of the molecule is [CH2]C1=CCC2=C3CC=c4cc(C5=NCCS5)c(CCCCCC)cc4=C3CCC2=C1. The van der Waals surface area contributed by atoms with Crippen LogP contribution in [0.1, 0.15) is 69.4 Å². The lowest BCUT2D eigenvalue weighted by atomic mass is 9.75. The third-order valence-corrected chi connectivity index (χ3v) is 7.94. The number of benzene rings is 1. The van der Waals surface area contributed by atoms with Crippen molar-refractivity contribution in [3.05, 3.63) is 75.1 Å². The average molecular weight is 415 g/mol. The van der Waals surface area contributed by atoms with Crippen LogP contribution in [-0.2, 0) is 6.42 Å². The van der Waals surface area contributed by atoms with E-state index in [1.165, 1.54) is 76.3 Å². The number of fused-ring (bicyclic) bond motifs is 3. The maximum Gasteiger partial charge on any atom is 0.0980 e. The van der Waals surface area contributed by atoms with E-state index in [4.69, 9.17) is 4.99 Å². The molecule has 1 aromatic rings. The first-order valence-corrected chi connectivity index (χ1v) is 12.7. The van der Waals surface area contributed by atoms with E-state index in [9.17, 15) is 0 Å². The molecule has 1 radical (unpaired) electrons. The van der Waals surface area contributed by atoms with Crippen molar-refractivity contribution in [1.29, 1.82) is 0 Å². The van der Waals surface area contributed by atoms with Gasteiger partial charge in [-0.2, -0.15) is 0 Å². The molecule has 0 bridgehead atoms. The molecule has 0 N–H and O–H groups in total. The summed E-state index contributed by atoms with van der Waals surface area (Å²) < 4.78 is 0. The third kappa shape index (κ3) is 3.80. The summed E-state index contributed by atoms with van der Waals surface area (Å²) in [5.74, 6) is 1.13. The predicted molar refractivity (Wildman–Crippen MR) is 132 cm³/mol. The van der Waals surface area contributed by atoms with Gasteiger partial charge in [0, 0.05) is 17.9 Å². The number of aryl methyl sites for hydroxylation is 1. The Morgan fingerprint density at radius 2 is 1.90 bits per heavy atom. The van der Waals surface area contributed by atoms with Gasteiger partial charge in [0.25, 0.3) is 0 Å². The second-order valence-electron chi connectivity index (χ2n) is 8.94. The number of nitrogens with zero attached hydrogens (tertiary/aromatic N) is 1. The van der Waals surface area contributed by atoms with E-state index in [0.29, 0.717) is 0 Å². The molecule has 0 aromatic heterocycles. The topological polar surface area (TPSA) is 12.4 Å². The summed E-state index contributed by atoms with van der Waals surface area (Å²) in [4.78, 5) is 4.83. The minimum absolute atomic E-state index is 0.973. The van der Waals surface area contributed by atoms with E-state index in [1.807, 2.05) is 11.8 Å². The number of aliphatic imine (C=N–C) groups is 1. The highest BCUT2D eigenvalue weighted by Crippen LogP contribution is 2.41. The van der Waals surface area contributed by atoms with Crippen LogP contribution in [0, 0.1) is 6.92 Å². The largest absolute Gasteiger partial charge is 0.277 e. The minimum Gasteiger partial charge on any atom is -0.277 e. The van der Waals surface area contributed by atoms with Crippen LogP contribution in [0.4, 0.5) is 0 Å². The lowest BCUT2D eigenvalue weighted by molar-refractivity contribution is 0.666. The zero-order valence-electron chi connectivity index (χ0n) is 18.2. The molecule has 0 unspecified atom stereocenters. The molecule has 3 aliphatic carbocycles. The Bertz CT molecular complexity index is 1110. The Hall–Kier alpha value is -1.80. The molecule has 155 valence electrons. The van der Waals surface area contributed by atoms with Crippen LogP contribution in [0.3, 0.4) is 0 Å². The van der Waals surface area contributed by atoms with E-state index in [1.54, 1.807) is 16.7 Å². The van der Waals surface area contributed by atoms with E-state index < -0.39 is 0 Å². The van der Waals surface area contributed by atoms with E-state index in [0.717, 1.165) is 31.6 Å². The lowest BCUT2D eigenvalue weighted by Crippen LogP contribution is -2.34. The van der Waals surface area contributed by atoms with E-state index >= 15 is 0 Å². The molecular formula is C28H32NS. The number of hydrogen-bond donors (Lipinski definition) is 0. The van der Waals surface area contributed by atoms with Gasteiger partial charge in [-0.3, -0.25) is 4.99 Å². The molecule has 0 fully saturated rings. The van der Waals surface area contributed by atoms with Gasteiger partial charge in [-0.25, -0.2) is 0 Å². The van der Waals surface area contributed by atoms with Crippen molar-refractivity contribution in [2.45, 2.75) is 64.7 Å². The summed E-state index contributed by atoms with van der Waals surface area (Å²) in [7, 11) is 0. The van der Waals surface area contributed by atoms with Crippen LogP contribution in [0.5, 0.6) is 0 Å². The Balaban J connectivity index is 1.61. The molecule has 30 heavy (non-hydrogen) atoms. The Morgan fingerprint density at radius 3 is 2.73 bits per heavy atom.